The first-order valence-corrected chi connectivity index (χ1v) is 5.99. The molecule has 2 aromatic rings. The van der Waals surface area contributed by atoms with E-state index in [-0.39, 0.29) is 6.04 Å². The lowest BCUT2D eigenvalue weighted by molar-refractivity contribution is -0.118. The first kappa shape index (κ1) is 11.6. The third-order valence-electron chi connectivity index (χ3n) is 3.16. The molecule has 0 aromatic carbocycles. The van der Waals surface area contributed by atoms with Gasteiger partial charge < -0.3 is 14.2 Å². The van der Waals surface area contributed by atoms with E-state index >= 15 is 0 Å². The van der Waals surface area contributed by atoms with Crippen LogP contribution in [0.4, 0.5) is 5.95 Å². The standard InChI is InChI=1S/C12H13N5O2/c18-9-16-4-5-17(12-13-2-1-3-14-12)11(6-16)10-7-19-8-15-10/h1-3,7-9,11H,4-6H2. The lowest BCUT2D eigenvalue weighted by Gasteiger charge is -2.38. The van der Waals surface area contributed by atoms with Crippen LogP contribution in [0, 0.1) is 0 Å². The van der Waals surface area contributed by atoms with Crippen molar-refractivity contribution < 1.29 is 9.21 Å². The van der Waals surface area contributed by atoms with Gasteiger partial charge in [0.05, 0.1) is 6.04 Å². The average molecular weight is 259 g/mol. The minimum atomic E-state index is -0.0832. The molecule has 19 heavy (non-hydrogen) atoms. The van der Waals surface area contributed by atoms with Gasteiger partial charge >= 0.3 is 0 Å². The molecule has 2 aromatic heterocycles. The third-order valence-corrected chi connectivity index (χ3v) is 3.16. The van der Waals surface area contributed by atoms with Crippen LogP contribution in [0.3, 0.4) is 0 Å². The molecule has 0 bridgehead atoms. The number of hydrogen-bond acceptors (Lipinski definition) is 6. The van der Waals surface area contributed by atoms with Crippen molar-refractivity contribution in [2.24, 2.45) is 0 Å². The second-order valence-electron chi connectivity index (χ2n) is 4.27. The zero-order chi connectivity index (χ0) is 13.1. The topological polar surface area (TPSA) is 75.4 Å². The van der Waals surface area contributed by atoms with Gasteiger partial charge in [0.2, 0.25) is 12.4 Å². The molecule has 98 valence electrons. The molecular formula is C12H13N5O2. The van der Waals surface area contributed by atoms with E-state index in [1.165, 1.54) is 6.39 Å². The normalized spacial score (nSPS) is 19.5. The molecule has 3 rings (SSSR count). The summed E-state index contributed by atoms with van der Waals surface area (Å²) in [5.74, 6) is 0.640. The number of carbonyl (C=O) groups is 1. The Morgan fingerprint density at radius 3 is 2.79 bits per heavy atom. The summed E-state index contributed by atoms with van der Waals surface area (Å²) >= 11 is 0. The molecule has 1 aliphatic heterocycles. The lowest BCUT2D eigenvalue weighted by Crippen LogP contribution is -2.48. The fourth-order valence-corrected chi connectivity index (χ4v) is 2.22. The molecule has 0 saturated carbocycles. The average Bonchev–Trinajstić information content (AvgIpc) is 3.01. The van der Waals surface area contributed by atoms with Crippen LogP contribution in [0.1, 0.15) is 11.7 Å². The number of aromatic nitrogens is 3. The molecule has 0 spiro atoms. The van der Waals surface area contributed by atoms with Gasteiger partial charge in [-0.1, -0.05) is 0 Å². The number of rotatable bonds is 3. The largest absolute Gasteiger partial charge is 0.451 e. The number of nitrogens with zero attached hydrogens (tertiary/aromatic N) is 5. The summed E-state index contributed by atoms with van der Waals surface area (Å²) in [6, 6.07) is 1.69. The summed E-state index contributed by atoms with van der Waals surface area (Å²) in [5, 5.41) is 0. The van der Waals surface area contributed by atoms with E-state index in [2.05, 4.69) is 15.0 Å². The van der Waals surface area contributed by atoms with Gasteiger partial charge in [0.1, 0.15) is 12.0 Å². The molecule has 1 unspecified atom stereocenters. The van der Waals surface area contributed by atoms with Crippen molar-refractivity contribution in [2.45, 2.75) is 6.04 Å². The van der Waals surface area contributed by atoms with Crippen molar-refractivity contribution in [1.29, 1.82) is 0 Å². The van der Waals surface area contributed by atoms with Crippen LogP contribution < -0.4 is 4.90 Å². The molecule has 1 atom stereocenters. The Kier molecular flexibility index (Phi) is 3.09. The van der Waals surface area contributed by atoms with E-state index in [9.17, 15) is 4.79 Å². The summed E-state index contributed by atoms with van der Waals surface area (Å²) in [5.41, 5.74) is 0.777. The van der Waals surface area contributed by atoms with Gasteiger partial charge in [0.25, 0.3) is 0 Å². The minimum absolute atomic E-state index is 0.0832. The highest BCUT2D eigenvalue weighted by Crippen LogP contribution is 2.26. The Hall–Kier alpha value is -2.44. The molecule has 0 aliphatic carbocycles. The van der Waals surface area contributed by atoms with E-state index in [0.717, 1.165) is 12.1 Å². The summed E-state index contributed by atoms with van der Waals surface area (Å²) in [6.07, 6.45) is 7.24. The van der Waals surface area contributed by atoms with Crippen LogP contribution in [0.5, 0.6) is 0 Å². The van der Waals surface area contributed by atoms with Crippen LogP contribution in [0.2, 0.25) is 0 Å². The molecule has 1 saturated heterocycles. The molecule has 1 fully saturated rings. The molecule has 0 radical (unpaired) electrons. The van der Waals surface area contributed by atoms with E-state index in [1.54, 1.807) is 29.6 Å². The Bertz CT molecular complexity index is 530. The second kappa shape index (κ2) is 5.05. The van der Waals surface area contributed by atoms with Gasteiger partial charge in [-0.3, -0.25) is 4.79 Å². The smallest absolute Gasteiger partial charge is 0.225 e. The zero-order valence-electron chi connectivity index (χ0n) is 10.2. The summed E-state index contributed by atoms with van der Waals surface area (Å²) < 4.78 is 5.04. The Morgan fingerprint density at radius 1 is 1.26 bits per heavy atom. The van der Waals surface area contributed by atoms with E-state index in [1.807, 2.05) is 4.90 Å². The van der Waals surface area contributed by atoms with Gasteiger partial charge in [-0.05, 0) is 6.07 Å². The Balaban J connectivity index is 1.91. The zero-order valence-corrected chi connectivity index (χ0v) is 10.2. The quantitative estimate of drug-likeness (QED) is 0.746. The summed E-state index contributed by atoms with van der Waals surface area (Å²) in [7, 11) is 0. The predicted octanol–water partition coefficient (Wildman–Crippen LogP) is 0.484. The number of piperazine rings is 1. The van der Waals surface area contributed by atoms with Gasteiger partial charge in [0.15, 0.2) is 6.39 Å². The third kappa shape index (κ3) is 2.26. The summed E-state index contributed by atoms with van der Waals surface area (Å²) in [6.45, 7) is 1.87. The van der Waals surface area contributed by atoms with Crippen LogP contribution in [-0.4, -0.2) is 45.9 Å². The van der Waals surface area contributed by atoms with Crippen LogP contribution >= 0.6 is 0 Å². The highest BCUT2D eigenvalue weighted by Gasteiger charge is 2.30. The molecule has 3 heterocycles. The lowest BCUT2D eigenvalue weighted by atomic mass is 10.1. The fourth-order valence-electron chi connectivity index (χ4n) is 2.22. The molecule has 7 nitrogen and oxygen atoms in total. The Morgan fingerprint density at radius 2 is 2.11 bits per heavy atom. The minimum Gasteiger partial charge on any atom is -0.451 e. The maximum absolute atomic E-state index is 11.0. The van der Waals surface area contributed by atoms with Crippen LogP contribution in [0.15, 0.2) is 35.5 Å². The van der Waals surface area contributed by atoms with Crippen molar-refractivity contribution in [3.63, 3.8) is 0 Å². The number of oxazole rings is 1. The predicted molar refractivity (Wildman–Crippen MR) is 66.3 cm³/mol. The molecular weight excluding hydrogens is 246 g/mol. The van der Waals surface area contributed by atoms with E-state index in [0.29, 0.717) is 25.6 Å². The van der Waals surface area contributed by atoms with Crippen molar-refractivity contribution in [2.75, 3.05) is 24.5 Å². The molecule has 1 aliphatic rings. The maximum Gasteiger partial charge on any atom is 0.225 e. The van der Waals surface area contributed by atoms with Gasteiger partial charge in [-0.2, -0.15) is 0 Å². The number of carbonyl (C=O) groups excluding carboxylic acids is 1. The van der Waals surface area contributed by atoms with Crippen molar-refractivity contribution in [3.8, 4) is 0 Å². The van der Waals surface area contributed by atoms with E-state index in [4.69, 9.17) is 4.42 Å². The van der Waals surface area contributed by atoms with Crippen molar-refractivity contribution in [3.05, 3.63) is 36.8 Å². The number of anilines is 1. The van der Waals surface area contributed by atoms with Gasteiger partial charge in [-0.25, -0.2) is 15.0 Å². The van der Waals surface area contributed by atoms with Gasteiger partial charge in [-0.15, -0.1) is 0 Å². The SMILES string of the molecule is O=CN1CCN(c2ncccn2)C(c2cocn2)C1. The van der Waals surface area contributed by atoms with Crippen LogP contribution in [-0.2, 0) is 4.79 Å². The van der Waals surface area contributed by atoms with Crippen molar-refractivity contribution >= 4 is 12.4 Å². The monoisotopic (exact) mass is 259 g/mol. The number of amides is 1. The highest BCUT2D eigenvalue weighted by molar-refractivity contribution is 5.49. The molecule has 7 heteroatoms. The highest BCUT2D eigenvalue weighted by atomic mass is 16.3. The second-order valence-corrected chi connectivity index (χ2v) is 4.27. The summed E-state index contributed by atoms with van der Waals surface area (Å²) in [4.78, 5) is 27.4. The van der Waals surface area contributed by atoms with E-state index < -0.39 is 0 Å². The molecule has 1 amide bonds. The van der Waals surface area contributed by atoms with Crippen molar-refractivity contribution in [1.82, 2.24) is 19.9 Å². The first-order valence-electron chi connectivity index (χ1n) is 5.99. The van der Waals surface area contributed by atoms with Gasteiger partial charge in [0, 0.05) is 32.0 Å². The maximum atomic E-state index is 11.0. The van der Waals surface area contributed by atoms with Crippen LogP contribution in [0.25, 0.3) is 0 Å². The number of hydrogen-bond donors (Lipinski definition) is 0. The first-order chi connectivity index (χ1) is 9.38. The fraction of sp³-hybridized carbons (Fsp3) is 0.333. The Labute approximate surface area is 109 Å². The molecule has 0 N–H and O–H groups in total.